The molecule has 2 heterocycles. The van der Waals surface area contributed by atoms with Crippen molar-refractivity contribution in [3.63, 3.8) is 0 Å². The molecule has 1 aliphatic rings. The zero-order valence-corrected chi connectivity index (χ0v) is 13.8. The lowest BCUT2D eigenvalue weighted by Gasteiger charge is -2.32. The van der Waals surface area contributed by atoms with Crippen molar-refractivity contribution in [3.05, 3.63) is 17.8 Å². The van der Waals surface area contributed by atoms with Crippen LogP contribution in [0.4, 0.5) is 0 Å². The van der Waals surface area contributed by atoms with Gasteiger partial charge in [-0.05, 0) is 19.4 Å². The number of hydrogen-bond acceptors (Lipinski definition) is 4. The Morgan fingerprint density at radius 2 is 2.19 bits per heavy atom. The summed E-state index contributed by atoms with van der Waals surface area (Å²) < 4.78 is 5.85. The molecule has 2 rings (SSSR count). The highest BCUT2D eigenvalue weighted by Gasteiger charge is 2.28. The van der Waals surface area contributed by atoms with E-state index in [2.05, 4.69) is 30.7 Å². The molecule has 1 saturated heterocycles. The van der Waals surface area contributed by atoms with Crippen molar-refractivity contribution < 1.29 is 9.21 Å². The van der Waals surface area contributed by atoms with Crippen LogP contribution in [-0.2, 0) is 16.8 Å². The predicted molar refractivity (Wildman–Crippen MR) is 81.9 cm³/mol. The lowest BCUT2D eigenvalue weighted by Crippen LogP contribution is -2.42. The number of piperidine rings is 1. The molecule has 0 aromatic carbocycles. The second kappa shape index (κ2) is 6.18. The molecule has 1 amide bonds. The molecule has 118 valence electrons. The van der Waals surface area contributed by atoms with Crippen LogP contribution in [0.25, 0.3) is 0 Å². The third-order valence-corrected chi connectivity index (χ3v) is 3.95. The molecule has 1 unspecified atom stereocenters. The van der Waals surface area contributed by atoms with Crippen LogP contribution in [0.5, 0.6) is 0 Å². The normalized spacial score (nSPS) is 20.5. The monoisotopic (exact) mass is 293 g/mol. The Balaban J connectivity index is 1.97. The summed E-state index contributed by atoms with van der Waals surface area (Å²) in [6.07, 6.45) is 3.85. The first-order valence-electron chi connectivity index (χ1n) is 7.66. The molecule has 0 saturated carbocycles. The van der Waals surface area contributed by atoms with Gasteiger partial charge in [-0.1, -0.05) is 20.8 Å². The lowest BCUT2D eigenvalue weighted by molar-refractivity contribution is -0.134. The third-order valence-electron chi connectivity index (χ3n) is 3.95. The molecule has 0 aliphatic carbocycles. The zero-order valence-electron chi connectivity index (χ0n) is 13.8. The van der Waals surface area contributed by atoms with E-state index in [0.717, 1.165) is 37.6 Å². The van der Waals surface area contributed by atoms with E-state index in [9.17, 15) is 4.79 Å². The lowest BCUT2D eigenvalue weighted by atomic mass is 9.94. The molecule has 5 heteroatoms. The molecular formula is C16H27N3O2. The van der Waals surface area contributed by atoms with Crippen LogP contribution in [-0.4, -0.2) is 47.9 Å². The smallest absolute Gasteiger partial charge is 0.226 e. The molecule has 1 atom stereocenters. The molecule has 21 heavy (non-hydrogen) atoms. The number of carbonyl (C=O) groups is 1. The van der Waals surface area contributed by atoms with E-state index in [1.165, 1.54) is 0 Å². The van der Waals surface area contributed by atoms with Crippen molar-refractivity contribution in [2.45, 2.75) is 45.6 Å². The Hall–Kier alpha value is -1.36. The fourth-order valence-corrected chi connectivity index (χ4v) is 2.69. The Bertz CT molecular complexity index is 488. The van der Waals surface area contributed by atoms with Crippen LogP contribution in [0, 0.1) is 5.92 Å². The van der Waals surface area contributed by atoms with E-state index in [-0.39, 0.29) is 17.2 Å². The summed E-state index contributed by atoms with van der Waals surface area (Å²) in [5, 5.41) is 0. The molecule has 1 aromatic heterocycles. The molecule has 0 N–H and O–H groups in total. The molecule has 0 spiro atoms. The number of aromatic nitrogens is 1. The van der Waals surface area contributed by atoms with Crippen LogP contribution in [0.2, 0.25) is 0 Å². The summed E-state index contributed by atoms with van der Waals surface area (Å²) in [4.78, 5) is 20.4. The first-order chi connectivity index (χ1) is 9.77. The van der Waals surface area contributed by atoms with E-state index in [1.54, 1.807) is 4.90 Å². The minimum Gasteiger partial charge on any atom is -0.444 e. The Kier molecular flexibility index (Phi) is 4.71. The minimum absolute atomic E-state index is 0.0173. The first-order valence-corrected chi connectivity index (χ1v) is 7.66. The number of oxazole rings is 1. The molecule has 1 fully saturated rings. The second-order valence-electron chi connectivity index (χ2n) is 7.18. The SMILES string of the molecule is CN(C)C(=O)C1CCCN(Cc2ncc(C(C)(C)C)o2)C1. The van der Waals surface area contributed by atoms with Gasteiger partial charge in [-0.2, -0.15) is 0 Å². The van der Waals surface area contributed by atoms with Gasteiger partial charge >= 0.3 is 0 Å². The highest BCUT2D eigenvalue weighted by atomic mass is 16.4. The number of hydrogen-bond donors (Lipinski definition) is 0. The van der Waals surface area contributed by atoms with Gasteiger partial charge in [0, 0.05) is 26.1 Å². The van der Waals surface area contributed by atoms with Gasteiger partial charge < -0.3 is 9.32 Å². The summed E-state index contributed by atoms with van der Waals surface area (Å²) in [6.45, 7) is 8.83. The van der Waals surface area contributed by atoms with Crippen molar-refractivity contribution in [1.82, 2.24) is 14.8 Å². The van der Waals surface area contributed by atoms with Gasteiger partial charge in [-0.25, -0.2) is 4.98 Å². The predicted octanol–water partition coefficient (Wildman–Crippen LogP) is 2.27. The summed E-state index contributed by atoms with van der Waals surface area (Å²) in [6, 6.07) is 0. The number of nitrogens with zero attached hydrogens (tertiary/aromatic N) is 3. The van der Waals surface area contributed by atoms with Crippen molar-refractivity contribution in [3.8, 4) is 0 Å². The molecule has 5 nitrogen and oxygen atoms in total. The van der Waals surface area contributed by atoms with Gasteiger partial charge in [0.1, 0.15) is 5.76 Å². The number of rotatable bonds is 3. The summed E-state index contributed by atoms with van der Waals surface area (Å²) in [5.41, 5.74) is -0.0173. The van der Waals surface area contributed by atoms with Gasteiger partial charge in [-0.15, -0.1) is 0 Å². The van der Waals surface area contributed by atoms with E-state index in [1.807, 2.05) is 20.3 Å². The van der Waals surface area contributed by atoms with Gasteiger partial charge in [0.15, 0.2) is 0 Å². The largest absolute Gasteiger partial charge is 0.444 e. The number of likely N-dealkylation sites (tertiary alicyclic amines) is 1. The Morgan fingerprint density at radius 3 is 2.76 bits per heavy atom. The maximum atomic E-state index is 12.1. The molecule has 1 aromatic rings. The summed E-state index contributed by atoms with van der Waals surface area (Å²) in [5.74, 6) is 1.99. The highest BCUT2D eigenvalue weighted by Crippen LogP contribution is 2.24. The van der Waals surface area contributed by atoms with Crippen LogP contribution in [0.15, 0.2) is 10.6 Å². The van der Waals surface area contributed by atoms with Gasteiger partial charge in [0.25, 0.3) is 0 Å². The Labute approximate surface area is 127 Å². The van der Waals surface area contributed by atoms with Crippen LogP contribution in [0.1, 0.15) is 45.3 Å². The van der Waals surface area contributed by atoms with Gasteiger partial charge in [0.2, 0.25) is 11.8 Å². The highest BCUT2D eigenvalue weighted by molar-refractivity contribution is 5.78. The van der Waals surface area contributed by atoms with Crippen LogP contribution in [0.3, 0.4) is 0 Å². The quantitative estimate of drug-likeness (QED) is 0.858. The molecule has 1 aliphatic heterocycles. The summed E-state index contributed by atoms with van der Waals surface area (Å²) in [7, 11) is 3.65. The fourth-order valence-electron chi connectivity index (χ4n) is 2.69. The Morgan fingerprint density at radius 1 is 1.48 bits per heavy atom. The maximum absolute atomic E-state index is 12.1. The molecule has 0 radical (unpaired) electrons. The minimum atomic E-state index is -0.0173. The van der Waals surface area contributed by atoms with Gasteiger partial charge in [0.05, 0.1) is 18.7 Å². The van der Waals surface area contributed by atoms with E-state index < -0.39 is 0 Å². The van der Waals surface area contributed by atoms with E-state index in [4.69, 9.17) is 4.42 Å². The summed E-state index contributed by atoms with van der Waals surface area (Å²) >= 11 is 0. The molecular weight excluding hydrogens is 266 g/mol. The maximum Gasteiger partial charge on any atom is 0.226 e. The molecule has 0 bridgehead atoms. The standard InChI is InChI=1S/C16H27N3O2/c1-16(2,3)13-9-17-14(21-13)11-19-8-6-7-12(10-19)15(20)18(4)5/h9,12H,6-8,10-11H2,1-5H3. The van der Waals surface area contributed by atoms with Crippen molar-refractivity contribution >= 4 is 5.91 Å². The van der Waals surface area contributed by atoms with E-state index >= 15 is 0 Å². The van der Waals surface area contributed by atoms with Crippen molar-refractivity contribution in [2.24, 2.45) is 5.92 Å². The number of carbonyl (C=O) groups excluding carboxylic acids is 1. The topological polar surface area (TPSA) is 49.6 Å². The average Bonchev–Trinajstić information content (AvgIpc) is 2.86. The van der Waals surface area contributed by atoms with Crippen molar-refractivity contribution in [1.29, 1.82) is 0 Å². The van der Waals surface area contributed by atoms with Gasteiger partial charge in [-0.3, -0.25) is 9.69 Å². The average molecular weight is 293 g/mol. The number of amides is 1. The zero-order chi connectivity index (χ0) is 15.6. The van der Waals surface area contributed by atoms with E-state index in [0.29, 0.717) is 6.54 Å². The first kappa shape index (κ1) is 16.0. The van der Waals surface area contributed by atoms with Crippen molar-refractivity contribution in [2.75, 3.05) is 27.2 Å². The van der Waals surface area contributed by atoms with Crippen LogP contribution >= 0.6 is 0 Å². The van der Waals surface area contributed by atoms with Crippen LogP contribution < -0.4 is 0 Å². The fraction of sp³-hybridized carbons (Fsp3) is 0.750. The third kappa shape index (κ3) is 4.06. The second-order valence-corrected chi connectivity index (χ2v) is 7.18.